The molecule has 1 heterocycles. The summed E-state index contributed by atoms with van der Waals surface area (Å²) >= 11 is 0. The van der Waals surface area contributed by atoms with Crippen LogP contribution in [-0.4, -0.2) is 39.9 Å². The van der Waals surface area contributed by atoms with Gasteiger partial charge in [0.25, 0.3) is 0 Å². The normalized spacial score (nSPS) is 13.8. The topological polar surface area (TPSA) is 90.8 Å². The van der Waals surface area contributed by atoms with Crippen molar-refractivity contribution < 1.29 is 24.1 Å². The SMILES string of the molecule is CCOC(=O)CC1c2ccccc2-c2cc(OCc3cccc(-c4c(C)nc(OCCC(C)(C)O)nc4C)c3C)ccc21. The van der Waals surface area contributed by atoms with Crippen LogP contribution in [0.5, 0.6) is 11.8 Å². The second kappa shape index (κ2) is 12.6. The van der Waals surface area contributed by atoms with Crippen molar-refractivity contribution in [3.05, 3.63) is 94.3 Å². The summed E-state index contributed by atoms with van der Waals surface area (Å²) in [4.78, 5) is 21.6. The summed E-state index contributed by atoms with van der Waals surface area (Å²) in [6.07, 6.45) is 0.808. The number of esters is 1. The molecule has 1 unspecified atom stereocenters. The van der Waals surface area contributed by atoms with Crippen LogP contribution in [0.25, 0.3) is 22.3 Å². The molecule has 1 N–H and O–H groups in total. The second-order valence-corrected chi connectivity index (χ2v) is 11.7. The van der Waals surface area contributed by atoms with Gasteiger partial charge in [-0.15, -0.1) is 0 Å². The van der Waals surface area contributed by atoms with Gasteiger partial charge in [0.2, 0.25) is 0 Å². The molecule has 5 rings (SSSR count). The van der Waals surface area contributed by atoms with Crippen molar-refractivity contribution in [1.29, 1.82) is 0 Å². The lowest BCUT2D eigenvalue weighted by Gasteiger charge is -2.18. The first kappa shape index (κ1) is 30.2. The van der Waals surface area contributed by atoms with Crippen molar-refractivity contribution in [3.8, 4) is 34.0 Å². The zero-order chi connectivity index (χ0) is 30.7. The zero-order valence-electron chi connectivity index (χ0n) is 25.9. The van der Waals surface area contributed by atoms with E-state index in [4.69, 9.17) is 14.2 Å². The summed E-state index contributed by atoms with van der Waals surface area (Å²) in [6, 6.07) is 20.9. The van der Waals surface area contributed by atoms with Gasteiger partial charge in [-0.2, -0.15) is 9.97 Å². The lowest BCUT2D eigenvalue weighted by atomic mass is 9.93. The highest BCUT2D eigenvalue weighted by molar-refractivity contribution is 5.83. The molecular formula is C36H40N2O5. The van der Waals surface area contributed by atoms with Crippen molar-refractivity contribution in [2.24, 2.45) is 0 Å². The number of rotatable bonds is 11. The molecule has 224 valence electrons. The van der Waals surface area contributed by atoms with Crippen molar-refractivity contribution >= 4 is 5.97 Å². The molecule has 7 heteroatoms. The minimum Gasteiger partial charge on any atom is -0.489 e. The molecule has 0 bridgehead atoms. The Morgan fingerprint density at radius 2 is 1.58 bits per heavy atom. The predicted octanol–water partition coefficient (Wildman–Crippen LogP) is 7.25. The van der Waals surface area contributed by atoms with E-state index in [2.05, 4.69) is 53.3 Å². The van der Waals surface area contributed by atoms with Gasteiger partial charge in [0.1, 0.15) is 12.4 Å². The first-order chi connectivity index (χ1) is 20.6. The molecule has 0 spiro atoms. The number of aromatic nitrogens is 2. The number of nitrogens with zero attached hydrogens (tertiary/aromatic N) is 2. The monoisotopic (exact) mass is 580 g/mol. The molecule has 43 heavy (non-hydrogen) atoms. The van der Waals surface area contributed by atoms with Crippen molar-refractivity contribution in [1.82, 2.24) is 9.97 Å². The van der Waals surface area contributed by atoms with Gasteiger partial charge in [0, 0.05) is 17.9 Å². The van der Waals surface area contributed by atoms with Gasteiger partial charge in [0.15, 0.2) is 0 Å². The van der Waals surface area contributed by atoms with Crippen molar-refractivity contribution in [2.45, 2.75) is 72.5 Å². The lowest BCUT2D eigenvalue weighted by Crippen LogP contribution is -2.22. The van der Waals surface area contributed by atoms with Gasteiger partial charge < -0.3 is 19.3 Å². The van der Waals surface area contributed by atoms with E-state index in [0.717, 1.165) is 61.6 Å². The fourth-order valence-electron chi connectivity index (χ4n) is 5.79. The Bertz CT molecular complexity index is 1620. The summed E-state index contributed by atoms with van der Waals surface area (Å²) in [5, 5.41) is 9.96. The molecule has 0 aliphatic heterocycles. The molecule has 7 nitrogen and oxygen atoms in total. The smallest absolute Gasteiger partial charge is 0.316 e. The molecule has 3 aromatic carbocycles. The van der Waals surface area contributed by atoms with Crippen LogP contribution in [0, 0.1) is 20.8 Å². The highest BCUT2D eigenvalue weighted by Crippen LogP contribution is 2.47. The molecule has 0 saturated carbocycles. The van der Waals surface area contributed by atoms with Gasteiger partial charge in [-0.1, -0.05) is 48.5 Å². The molecule has 1 atom stereocenters. The minimum atomic E-state index is -0.805. The third-order valence-corrected chi connectivity index (χ3v) is 8.01. The number of aliphatic hydroxyl groups is 1. The average Bonchev–Trinajstić information content (AvgIpc) is 3.25. The van der Waals surface area contributed by atoms with E-state index in [1.165, 1.54) is 0 Å². The van der Waals surface area contributed by atoms with Gasteiger partial charge in [-0.05, 0) is 92.6 Å². The summed E-state index contributed by atoms with van der Waals surface area (Å²) in [5.41, 5.74) is 9.58. The number of hydrogen-bond acceptors (Lipinski definition) is 7. The number of carbonyl (C=O) groups excluding carboxylic acids is 1. The number of benzene rings is 3. The van der Waals surface area contributed by atoms with Crippen LogP contribution in [0.3, 0.4) is 0 Å². The maximum absolute atomic E-state index is 12.4. The first-order valence-corrected chi connectivity index (χ1v) is 14.9. The number of fused-ring (bicyclic) bond motifs is 3. The maximum atomic E-state index is 12.4. The van der Waals surface area contributed by atoms with Crippen LogP contribution in [0.15, 0.2) is 60.7 Å². The third kappa shape index (κ3) is 6.73. The Balaban J connectivity index is 1.35. The predicted molar refractivity (Wildman–Crippen MR) is 167 cm³/mol. The lowest BCUT2D eigenvalue weighted by molar-refractivity contribution is -0.143. The minimum absolute atomic E-state index is 0.0229. The van der Waals surface area contributed by atoms with Gasteiger partial charge in [-0.25, -0.2) is 0 Å². The van der Waals surface area contributed by atoms with Crippen molar-refractivity contribution in [2.75, 3.05) is 13.2 Å². The van der Waals surface area contributed by atoms with E-state index in [1.54, 1.807) is 13.8 Å². The van der Waals surface area contributed by atoms with E-state index in [0.29, 0.717) is 38.7 Å². The van der Waals surface area contributed by atoms with Gasteiger partial charge in [0.05, 0.1) is 36.6 Å². The Labute approximate surface area is 253 Å². The fraction of sp³-hybridized carbons (Fsp3) is 0.361. The number of hydrogen-bond donors (Lipinski definition) is 1. The summed E-state index contributed by atoms with van der Waals surface area (Å²) in [7, 11) is 0. The van der Waals surface area contributed by atoms with Crippen LogP contribution in [0.1, 0.15) is 73.2 Å². The van der Waals surface area contributed by atoms with E-state index < -0.39 is 5.60 Å². The quantitative estimate of drug-likeness (QED) is 0.187. The molecule has 1 aromatic heterocycles. The van der Waals surface area contributed by atoms with Crippen LogP contribution >= 0.6 is 0 Å². The number of ether oxygens (including phenoxy) is 3. The molecule has 0 saturated heterocycles. The van der Waals surface area contributed by atoms with Crippen molar-refractivity contribution in [3.63, 3.8) is 0 Å². The van der Waals surface area contributed by atoms with Gasteiger partial charge >= 0.3 is 12.0 Å². The summed E-state index contributed by atoms with van der Waals surface area (Å²) in [6.45, 7) is 12.5. The maximum Gasteiger partial charge on any atom is 0.316 e. The van der Waals surface area contributed by atoms with E-state index in [9.17, 15) is 9.90 Å². The summed E-state index contributed by atoms with van der Waals surface area (Å²) < 4.78 is 17.3. The van der Waals surface area contributed by atoms with Gasteiger partial charge in [-0.3, -0.25) is 4.79 Å². The van der Waals surface area contributed by atoms with Crippen LogP contribution < -0.4 is 9.47 Å². The third-order valence-electron chi connectivity index (χ3n) is 8.01. The Hall–Kier alpha value is -4.23. The highest BCUT2D eigenvalue weighted by atomic mass is 16.5. The molecule has 4 aromatic rings. The number of carbonyl (C=O) groups is 1. The van der Waals surface area contributed by atoms with E-state index in [-0.39, 0.29) is 11.9 Å². The highest BCUT2D eigenvalue weighted by Gasteiger charge is 2.31. The summed E-state index contributed by atoms with van der Waals surface area (Å²) in [5.74, 6) is 0.568. The fourth-order valence-corrected chi connectivity index (χ4v) is 5.79. The molecule has 1 aliphatic carbocycles. The first-order valence-electron chi connectivity index (χ1n) is 14.9. The van der Waals surface area contributed by atoms with E-state index >= 15 is 0 Å². The Morgan fingerprint density at radius 1 is 0.884 bits per heavy atom. The molecule has 1 aliphatic rings. The number of aryl methyl sites for hydroxylation is 2. The molecule has 0 radical (unpaired) electrons. The zero-order valence-corrected chi connectivity index (χ0v) is 25.9. The van der Waals surface area contributed by atoms with Crippen LogP contribution in [0.2, 0.25) is 0 Å². The Morgan fingerprint density at radius 3 is 2.30 bits per heavy atom. The van der Waals surface area contributed by atoms with E-state index in [1.807, 2.05) is 45.0 Å². The average molecular weight is 581 g/mol. The van der Waals surface area contributed by atoms with Crippen LogP contribution in [0.4, 0.5) is 0 Å². The largest absolute Gasteiger partial charge is 0.489 e. The molecule has 0 fully saturated rings. The second-order valence-electron chi connectivity index (χ2n) is 11.7. The Kier molecular flexibility index (Phi) is 8.83. The standard InChI is InChI=1S/C36H40N2O5/c1-7-41-33(39)20-32-29-13-9-8-12-28(29)31-19-26(15-16-30(31)32)43-21-25-11-10-14-27(22(25)2)34-23(3)37-35(38-24(34)4)42-18-17-36(5,6)40/h8-16,19,32,40H,7,17-18,20-21H2,1-6H3. The van der Waals surface area contributed by atoms with Crippen LogP contribution in [-0.2, 0) is 16.1 Å². The molecular weight excluding hydrogens is 540 g/mol. The molecule has 0 amide bonds.